The molecule has 1 spiro atoms. The third kappa shape index (κ3) is 3.94. The number of rotatable bonds is 4. The zero-order valence-corrected chi connectivity index (χ0v) is 22.9. The van der Waals surface area contributed by atoms with Crippen molar-refractivity contribution in [3.8, 4) is 16.9 Å². The van der Waals surface area contributed by atoms with E-state index in [0.717, 1.165) is 49.5 Å². The Labute approximate surface area is 233 Å². The van der Waals surface area contributed by atoms with Crippen molar-refractivity contribution in [1.82, 2.24) is 24.9 Å². The van der Waals surface area contributed by atoms with Crippen molar-refractivity contribution in [3.05, 3.63) is 70.5 Å². The molecule has 1 aromatic heterocycles. The predicted molar refractivity (Wildman–Crippen MR) is 148 cm³/mol. The van der Waals surface area contributed by atoms with Gasteiger partial charge in [0.05, 0.1) is 19.3 Å². The molecule has 206 valence electrons. The third-order valence-corrected chi connectivity index (χ3v) is 9.42. The zero-order chi connectivity index (χ0) is 27.6. The van der Waals surface area contributed by atoms with Gasteiger partial charge in [-0.1, -0.05) is 24.3 Å². The second-order valence-corrected chi connectivity index (χ2v) is 11.7. The highest BCUT2D eigenvalue weighted by molar-refractivity contribution is 6.05. The average molecular weight is 540 g/mol. The van der Waals surface area contributed by atoms with Crippen LogP contribution in [0.3, 0.4) is 0 Å². The van der Waals surface area contributed by atoms with E-state index in [0.29, 0.717) is 25.1 Å². The van der Waals surface area contributed by atoms with Gasteiger partial charge in [0.1, 0.15) is 11.8 Å². The normalized spacial score (nSPS) is 21.9. The quantitative estimate of drug-likeness (QED) is 0.512. The Morgan fingerprint density at radius 3 is 2.67 bits per heavy atom. The van der Waals surface area contributed by atoms with Crippen LogP contribution >= 0.6 is 0 Å². The average Bonchev–Trinajstić information content (AvgIpc) is 3.59. The molecule has 4 aliphatic rings. The summed E-state index contributed by atoms with van der Waals surface area (Å²) in [4.78, 5) is 41.4. The van der Waals surface area contributed by atoms with Crippen molar-refractivity contribution < 1.29 is 19.1 Å². The van der Waals surface area contributed by atoms with E-state index in [2.05, 4.69) is 52.6 Å². The van der Waals surface area contributed by atoms with Crippen LogP contribution in [0.2, 0.25) is 0 Å². The number of hydrogen-bond donors (Lipinski definition) is 1. The summed E-state index contributed by atoms with van der Waals surface area (Å²) in [6, 6.07) is 12.1. The number of hydrogen-bond acceptors (Lipinski definition) is 6. The van der Waals surface area contributed by atoms with Gasteiger partial charge in [0.15, 0.2) is 0 Å². The monoisotopic (exact) mass is 539 g/mol. The summed E-state index contributed by atoms with van der Waals surface area (Å²) < 4.78 is 8.24. The van der Waals surface area contributed by atoms with E-state index in [1.54, 1.807) is 4.90 Å². The van der Waals surface area contributed by atoms with E-state index in [1.165, 1.54) is 22.3 Å². The van der Waals surface area contributed by atoms with Crippen molar-refractivity contribution in [1.29, 1.82) is 0 Å². The Kier molecular flexibility index (Phi) is 5.82. The Hall–Kier alpha value is -3.98. The van der Waals surface area contributed by atoms with E-state index < -0.39 is 6.04 Å². The lowest BCUT2D eigenvalue weighted by Crippen LogP contribution is -2.52. The maximum atomic E-state index is 13.2. The molecule has 5 heterocycles. The Bertz CT molecular complexity index is 1550. The number of amides is 3. The fourth-order valence-electron chi connectivity index (χ4n) is 6.91. The van der Waals surface area contributed by atoms with Gasteiger partial charge in [-0.25, -0.2) is 0 Å². The van der Waals surface area contributed by atoms with Gasteiger partial charge >= 0.3 is 0 Å². The smallest absolute Gasteiger partial charge is 0.255 e. The maximum absolute atomic E-state index is 13.2. The molecule has 0 saturated carbocycles. The highest BCUT2D eigenvalue weighted by atomic mass is 16.5. The number of carbonyl (C=O) groups excluding carboxylic acids is 3. The van der Waals surface area contributed by atoms with Gasteiger partial charge < -0.3 is 9.64 Å². The van der Waals surface area contributed by atoms with Crippen LogP contribution < -0.4 is 10.1 Å². The number of piperidine rings is 2. The van der Waals surface area contributed by atoms with Gasteiger partial charge in [0.2, 0.25) is 11.8 Å². The van der Waals surface area contributed by atoms with Crippen LogP contribution in [0.4, 0.5) is 0 Å². The standard InChI is InChI=1S/C31H33N5O4/c1-19-23(15-32-34(19)2)21-5-3-4-20(14-21)16-35-12-10-31(11-13-35)18-40-28-24-17-36(26-8-9-27(37)33-29(26)38)30(39)22(24)6-7-25(28)31/h3-7,14-15,26H,8-13,16-18H2,1-2H3,(H,33,37,38)/t26-/m0/s1. The lowest BCUT2D eigenvalue weighted by Gasteiger charge is -2.38. The highest BCUT2D eigenvalue weighted by Crippen LogP contribution is 2.49. The van der Waals surface area contributed by atoms with E-state index in [9.17, 15) is 14.4 Å². The molecular formula is C31H33N5O4. The van der Waals surface area contributed by atoms with Crippen LogP contribution in [-0.4, -0.2) is 63.0 Å². The highest BCUT2D eigenvalue weighted by Gasteiger charge is 2.47. The molecule has 9 heteroatoms. The molecule has 9 nitrogen and oxygen atoms in total. The Balaban J connectivity index is 1.06. The Morgan fingerprint density at radius 1 is 1.10 bits per heavy atom. The number of aryl methyl sites for hydroxylation is 1. The first kappa shape index (κ1) is 25.0. The molecule has 0 unspecified atom stereocenters. The molecular weight excluding hydrogens is 506 g/mol. The molecule has 3 amide bonds. The number of aromatic nitrogens is 2. The molecule has 1 atom stereocenters. The molecule has 7 rings (SSSR count). The molecule has 2 saturated heterocycles. The molecule has 40 heavy (non-hydrogen) atoms. The zero-order valence-electron chi connectivity index (χ0n) is 22.9. The van der Waals surface area contributed by atoms with Crippen molar-refractivity contribution in [2.75, 3.05) is 19.7 Å². The van der Waals surface area contributed by atoms with Crippen molar-refractivity contribution in [2.45, 2.75) is 57.2 Å². The van der Waals surface area contributed by atoms with Crippen LogP contribution in [0.25, 0.3) is 11.1 Å². The summed E-state index contributed by atoms with van der Waals surface area (Å²) in [5.41, 5.74) is 7.46. The van der Waals surface area contributed by atoms with E-state index in [1.807, 2.05) is 24.0 Å². The van der Waals surface area contributed by atoms with Crippen molar-refractivity contribution in [3.63, 3.8) is 0 Å². The third-order valence-electron chi connectivity index (χ3n) is 9.42. The maximum Gasteiger partial charge on any atom is 0.255 e. The fourth-order valence-corrected chi connectivity index (χ4v) is 6.91. The van der Waals surface area contributed by atoms with Crippen LogP contribution in [-0.2, 0) is 35.1 Å². The summed E-state index contributed by atoms with van der Waals surface area (Å²) in [5.74, 6) is 0.00291. The summed E-state index contributed by atoms with van der Waals surface area (Å²) in [6.07, 6.45) is 4.52. The molecule has 2 fully saturated rings. The molecule has 0 aliphatic carbocycles. The summed E-state index contributed by atoms with van der Waals surface area (Å²) >= 11 is 0. The Morgan fingerprint density at radius 2 is 1.93 bits per heavy atom. The van der Waals surface area contributed by atoms with E-state index in [-0.39, 0.29) is 29.6 Å². The molecule has 0 radical (unpaired) electrons. The number of benzene rings is 2. The van der Waals surface area contributed by atoms with Crippen molar-refractivity contribution >= 4 is 17.7 Å². The molecule has 4 aliphatic heterocycles. The molecule has 2 aromatic carbocycles. The van der Waals surface area contributed by atoms with Crippen molar-refractivity contribution in [2.24, 2.45) is 7.05 Å². The topological polar surface area (TPSA) is 96.8 Å². The van der Waals surface area contributed by atoms with Gasteiger partial charge in [0.25, 0.3) is 5.91 Å². The molecule has 3 aromatic rings. The van der Waals surface area contributed by atoms with Crippen LogP contribution in [0.15, 0.2) is 42.6 Å². The first-order valence-electron chi connectivity index (χ1n) is 14.1. The van der Waals surface area contributed by atoms with Crippen LogP contribution in [0.5, 0.6) is 5.75 Å². The summed E-state index contributed by atoms with van der Waals surface area (Å²) in [5, 5.41) is 6.78. The first-order valence-corrected chi connectivity index (χ1v) is 14.1. The van der Waals surface area contributed by atoms with Crippen LogP contribution in [0.1, 0.15) is 58.4 Å². The second-order valence-electron chi connectivity index (χ2n) is 11.7. The predicted octanol–water partition coefficient (Wildman–Crippen LogP) is 3.08. The van der Waals surface area contributed by atoms with Gasteiger partial charge in [-0.3, -0.25) is 29.3 Å². The van der Waals surface area contributed by atoms with E-state index >= 15 is 0 Å². The number of likely N-dealkylation sites (tertiary alicyclic amines) is 1. The minimum atomic E-state index is -0.618. The van der Waals surface area contributed by atoms with Gasteiger partial charge in [-0.2, -0.15) is 5.10 Å². The number of imide groups is 1. The number of nitrogens with zero attached hydrogens (tertiary/aromatic N) is 4. The molecule has 0 bridgehead atoms. The molecule has 1 N–H and O–H groups in total. The SMILES string of the molecule is Cc1c(-c2cccc(CN3CCC4(CC3)COc3c4ccc4c3CN([C@H]3CCC(=O)NC3=O)C4=O)c2)cnn1C. The summed E-state index contributed by atoms with van der Waals surface area (Å²) in [7, 11) is 1.97. The number of fused-ring (bicyclic) bond motifs is 4. The van der Waals surface area contributed by atoms with Gasteiger partial charge in [-0.05, 0) is 62.5 Å². The first-order chi connectivity index (χ1) is 19.3. The number of ether oxygens (including phenoxy) is 1. The minimum absolute atomic E-state index is 0.0549. The van der Waals surface area contributed by atoms with E-state index in [4.69, 9.17) is 4.74 Å². The number of nitrogens with one attached hydrogen (secondary N) is 1. The van der Waals surface area contributed by atoms with Gasteiger partial charge in [0, 0.05) is 53.4 Å². The minimum Gasteiger partial charge on any atom is -0.492 e. The largest absolute Gasteiger partial charge is 0.492 e. The van der Waals surface area contributed by atoms with Gasteiger partial charge in [-0.15, -0.1) is 0 Å². The number of carbonyl (C=O) groups is 3. The fraction of sp³-hybridized carbons (Fsp3) is 0.419. The summed E-state index contributed by atoms with van der Waals surface area (Å²) in [6.45, 7) is 5.90. The lowest BCUT2D eigenvalue weighted by atomic mass is 9.74. The van der Waals surface area contributed by atoms with Crippen LogP contribution in [0, 0.1) is 6.92 Å². The second kappa shape index (κ2) is 9.30. The lowest BCUT2D eigenvalue weighted by molar-refractivity contribution is -0.136.